The number of carbonyl (C=O) groups excluding carboxylic acids is 2. The predicted octanol–water partition coefficient (Wildman–Crippen LogP) is -0.485. The maximum absolute atomic E-state index is 10.3. The molecule has 0 aromatic rings. The van der Waals surface area contributed by atoms with Crippen molar-refractivity contribution in [1.29, 1.82) is 0 Å². The van der Waals surface area contributed by atoms with Crippen LogP contribution in [0.5, 0.6) is 0 Å². The van der Waals surface area contributed by atoms with Gasteiger partial charge in [0.1, 0.15) is 0 Å². The van der Waals surface area contributed by atoms with Crippen molar-refractivity contribution in [3.8, 4) is 0 Å². The van der Waals surface area contributed by atoms with E-state index in [0.29, 0.717) is 0 Å². The van der Waals surface area contributed by atoms with Crippen LogP contribution in [-0.4, -0.2) is 50.0 Å². The zero-order chi connectivity index (χ0) is 7.28. The zero-order valence-electron chi connectivity index (χ0n) is 4.79. The first-order valence-electron chi connectivity index (χ1n) is 2.21. The van der Waals surface area contributed by atoms with Gasteiger partial charge in [-0.25, -0.2) is 0 Å². The minimum absolute atomic E-state index is 0.504. The van der Waals surface area contributed by atoms with Crippen LogP contribution in [0.25, 0.3) is 0 Å². The first kappa shape index (κ1) is 8.94. The summed E-state index contributed by atoms with van der Waals surface area (Å²) >= 11 is -1.28. The van der Waals surface area contributed by atoms with Crippen LogP contribution in [0.4, 0.5) is 9.59 Å². The molecule has 3 nitrogen and oxygen atoms in total. The number of carbonyl (C=O) groups is 2. The molecule has 0 aromatic heterocycles. The molecule has 0 bridgehead atoms. The van der Waals surface area contributed by atoms with E-state index in [-0.39, 0.29) is 0 Å². The van der Waals surface area contributed by atoms with Gasteiger partial charge >= 0.3 is 64.3 Å². The molecule has 0 aromatic carbocycles. The Labute approximate surface area is 64.5 Å². The Balaban J connectivity index is 3.73. The van der Waals surface area contributed by atoms with Crippen LogP contribution in [0.1, 0.15) is 0 Å². The minimum atomic E-state index is -0.640. The van der Waals surface area contributed by atoms with Crippen LogP contribution in [0.15, 0.2) is 0 Å². The average molecular weight is 154 g/mol. The fraction of sp³-hybridized carbons (Fsp3) is 0. The van der Waals surface area contributed by atoms with Crippen LogP contribution >= 0.6 is 0 Å². The van der Waals surface area contributed by atoms with Crippen molar-refractivity contribution in [2.75, 3.05) is 0 Å². The number of hydrogen-bond donors (Lipinski definition) is 0. The van der Waals surface area contributed by atoms with Gasteiger partial charge in [0.2, 0.25) is 0 Å². The van der Waals surface area contributed by atoms with Gasteiger partial charge in [-0.3, -0.25) is 0 Å². The van der Waals surface area contributed by atoms with Crippen LogP contribution in [-0.2, 0) is 4.74 Å². The molecule has 44 valence electrons. The summed E-state index contributed by atoms with van der Waals surface area (Å²) in [6, 6.07) is 0. The number of rotatable bonds is 2. The van der Waals surface area contributed by atoms with Crippen molar-refractivity contribution in [2.45, 2.75) is 0 Å². The average Bonchev–Trinajstić information content (AvgIpc) is 1.87. The normalized spacial score (nSPS) is 6.67. The second-order valence-corrected chi connectivity index (χ2v) is 2.91. The molecular formula is C4H4Al2O3. The molecule has 0 N–H and O–H groups in total. The van der Waals surface area contributed by atoms with E-state index >= 15 is 0 Å². The summed E-state index contributed by atoms with van der Waals surface area (Å²) in [4.78, 5) is 19.6. The fourth-order valence-corrected chi connectivity index (χ4v) is 0.718. The summed E-state index contributed by atoms with van der Waals surface area (Å²) < 4.78 is 4.22. The molecule has 0 fully saturated rings. The topological polar surface area (TPSA) is 43.4 Å². The summed E-state index contributed by atoms with van der Waals surface area (Å²) in [5, 5.41) is 6.64. The SMILES string of the molecule is [CH2]=[Al][C](=O)O[C](=O)[Al]=[CH2]. The molecule has 0 amide bonds. The summed E-state index contributed by atoms with van der Waals surface area (Å²) in [5.41, 5.74) is 0. The van der Waals surface area contributed by atoms with Gasteiger partial charge in [-0.1, -0.05) is 0 Å². The Morgan fingerprint density at radius 3 is 1.67 bits per heavy atom. The maximum atomic E-state index is 10.3. The third-order valence-corrected chi connectivity index (χ3v) is 1.44. The summed E-state index contributed by atoms with van der Waals surface area (Å²) in [6.45, 7) is 0. The molecule has 0 spiro atoms. The summed E-state index contributed by atoms with van der Waals surface area (Å²) in [7, 11) is 0. The van der Waals surface area contributed by atoms with Crippen LogP contribution in [0, 0.1) is 0 Å². The summed E-state index contributed by atoms with van der Waals surface area (Å²) in [5.74, 6) is 0. The van der Waals surface area contributed by atoms with Crippen LogP contribution in [0.2, 0.25) is 0 Å². The van der Waals surface area contributed by atoms with Crippen molar-refractivity contribution in [3.05, 3.63) is 0 Å². The Morgan fingerprint density at radius 1 is 1.11 bits per heavy atom. The van der Waals surface area contributed by atoms with E-state index in [1.165, 1.54) is 0 Å². The van der Waals surface area contributed by atoms with Crippen molar-refractivity contribution in [2.24, 2.45) is 0 Å². The molecule has 0 rings (SSSR count). The van der Waals surface area contributed by atoms with Gasteiger partial charge < -0.3 is 0 Å². The van der Waals surface area contributed by atoms with Gasteiger partial charge in [-0.15, -0.1) is 0 Å². The van der Waals surface area contributed by atoms with Gasteiger partial charge in [0, 0.05) is 0 Å². The van der Waals surface area contributed by atoms with E-state index in [0.717, 1.165) is 0 Å². The molecule has 0 atom stereocenters. The van der Waals surface area contributed by atoms with E-state index in [9.17, 15) is 9.59 Å². The van der Waals surface area contributed by atoms with Crippen molar-refractivity contribution in [1.82, 2.24) is 0 Å². The van der Waals surface area contributed by atoms with Crippen molar-refractivity contribution < 1.29 is 14.3 Å². The predicted molar refractivity (Wildman–Crippen MR) is 37.6 cm³/mol. The first-order chi connectivity index (χ1) is 4.20. The van der Waals surface area contributed by atoms with E-state index in [1.54, 1.807) is 0 Å². The molecule has 0 aliphatic rings. The molecule has 9 heavy (non-hydrogen) atoms. The van der Waals surface area contributed by atoms with Crippen LogP contribution < -0.4 is 0 Å². The molecule has 0 saturated carbocycles. The van der Waals surface area contributed by atoms with Gasteiger partial charge in [-0.2, -0.15) is 0 Å². The van der Waals surface area contributed by atoms with Gasteiger partial charge in [0.15, 0.2) is 0 Å². The van der Waals surface area contributed by atoms with Crippen molar-refractivity contribution in [3.63, 3.8) is 0 Å². The zero-order valence-corrected chi connectivity index (χ0v) is 7.10. The standard InChI is InChI=1S/C2O3.2CH2.2Al/c3-1-5-2-4;;;;/h;2*1H2;;. The third kappa shape index (κ3) is 4.45. The molecule has 0 unspecified atom stereocenters. The molecule has 0 aliphatic carbocycles. The number of ether oxygens (including phenoxy) is 1. The monoisotopic (exact) mass is 154 g/mol. The van der Waals surface area contributed by atoms with Gasteiger partial charge in [-0.05, 0) is 0 Å². The molecule has 0 heterocycles. The molecule has 0 aliphatic heterocycles. The molecule has 0 radical (unpaired) electrons. The Kier molecular flexibility index (Phi) is 4.76. The second kappa shape index (κ2) is 4.79. The molecule has 0 saturated heterocycles. The summed E-state index contributed by atoms with van der Waals surface area (Å²) in [6.07, 6.45) is 0. The molecular weight excluding hydrogens is 150 g/mol. The van der Waals surface area contributed by atoms with E-state index in [2.05, 4.69) is 15.5 Å². The fourth-order valence-electron chi connectivity index (χ4n) is 0.182. The Hall–Kier alpha value is -0.0551. The van der Waals surface area contributed by atoms with E-state index in [1.807, 2.05) is 0 Å². The van der Waals surface area contributed by atoms with Gasteiger partial charge in [0.05, 0.1) is 0 Å². The van der Waals surface area contributed by atoms with E-state index in [4.69, 9.17) is 0 Å². The van der Waals surface area contributed by atoms with Crippen LogP contribution in [0.3, 0.4) is 0 Å². The first-order valence-corrected chi connectivity index (χ1v) is 5.00. The van der Waals surface area contributed by atoms with Gasteiger partial charge in [0.25, 0.3) is 0 Å². The number of hydrogen-bond acceptors (Lipinski definition) is 3. The quantitative estimate of drug-likeness (QED) is 0.398. The Morgan fingerprint density at radius 2 is 1.44 bits per heavy atom. The van der Waals surface area contributed by atoms with Crippen molar-refractivity contribution >= 4 is 50.0 Å². The third-order valence-electron chi connectivity index (χ3n) is 0.535. The molecule has 5 heteroatoms. The Bertz CT molecular complexity index is 145. The second-order valence-electron chi connectivity index (χ2n) is 1.15. The van der Waals surface area contributed by atoms with E-state index < -0.39 is 39.2 Å².